The Kier molecular flexibility index (Phi) is 4.37. The average molecular weight is 480 g/mol. The fourth-order valence-electron chi connectivity index (χ4n) is 1.35. The van der Waals surface area contributed by atoms with Crippen molar-refractivity contribution < 1.29 is 4.74 Å². The number of benzene rings is 1. The van der Waals surface area contributed by atoms with Crippen molar-refractivity contribution in [3.05, 3.63) is 34.4 Å². The summed E-state index contributed by atoms with van der Waals surface area (Å²) in [5, 5.41) is 1.91. The third kappa shape index (κ3) is 2.65. The zero-order valence-corrected chi connectivity index (χ0v) is 13.6. The second kappa shape index (κ2) is 5.41. The van der Waals surface area contributed by atoms with E-state index < -0.39 is 0 Å². The molecule has 2 rings (SSSR count). The number of aromatic nitrogens is 1. The zero-order chi connectivity index (χ0) is 11.7. The number of nitrogens with zero attached hydrogens (tertiary/aromatic N) is 1. The monoisotopic (exact) mass is 479 g/mol. The molecule has 1 heterocycles. The van der Waals surface area contributed by atoms with Gasteiger partial charge in [-0.15, -0.1) is 0 Å². The summed E-state index contributed by atoms with van der Waals surface area (Å²) in [4.78, 5) is 4.26. The molecule has 0 saturated carbocycles. The minimum Gasteiger partial charge on any atom is -0.466 e. The lowest BCUT2D eigenvalue weighted by atomic mass is 10.2. The molecule has 16 heavy (non-hydrogen) atoms. The van der Waals surface area contributed by atoms with Crippen molar-refractivity contribution in [2.24, 2.45) is 0 Å². The lowest BCUT2D eigenvalue weighted by molar-refractivity contribution is 0.394. The molecule has 6 heteroatoms. The van der Waals surface area contributed by atoms with E-state index in [1.165, 1.54) is 0 Å². The van der Waals surface area contributed by atoms with Crippen LogP contribution in [0.3, 0.4) is 0 Å². The van der Waals surface area contributed by atoms with Gasteiger partial charge < -0.3 is 4.74 Å². The predicted octanol–water partition coefficient (Wildman–Crippen LogP) is 5.07. The quantitative estimate of drug-likeness (QED) is 0.443. The molecule has 2 nitrogen and oxygen atoms in total. The van der Waals surface area contributed by atoms with Gasteiger partial charge in [0.2, 0.25) is 0 Å². The van der Waals surface area contributed by atoms with Gasteiger partial charge in [0.15, 0.2) is 7.87 Å². The third-order valence-corrected chi connectivity index (χ3v) is 3.06. The van der Waals surface area contributed by atoms with E-state index in [0.29, 0.717) is 21.3 Å². The summed E-state index contributed by atoms with van der Waals surface area (Å²) >= 11 is 16.5. The second-order valence-corrected chi connectivity index (χ2v) is 8.41. The maximum absolute atomic E-state index is 6.10. The van der Waals surface area contributed by atoms with E-state index in [1.54, 1.807) is 12.3 Å². The van der Waals surface area contributed by atoms with Crippen LogP contribution in [0.4, 0.5) is 0 Å². The van der Waals surface area contributed by atoms with Crippen LogP contribution in [0.1, 0.15) is 0 Å². The van der Waals surface area contributed by atoms with E-state index in [9.17, 15) is 0 Å². The number of ether oxygens (including phenoxy) is 1. The summed E-state index contributed by atoms with van der Waals surface area (Å²) in [6.07, 6.45) is 1.69. The normalized spacial score (nSPS) is 11.1. The van der Waals surface area contributed by atoms with Crippen LogP contribution in [0.25, 0.3) is 10.9 Å². The fraction of sp³-hybridized carbons (Fsp3) is 0.100. The van der Waals surface area contributed by atoms with Crippen LogP contribution in [0.5, 0.6) is 5.75 Å². The topological polar surface area (TPSA) is 22.1 Å². The van der Waals surface area contributed by atoms with Gasteiger partial charge >= 0.3 is 0 Å². The molecule has 0 radical (unpaired) electrons. The predicted molar refractivity (Wildman–Crippen MR) is 84.2 cm³/mol. The van der Waals surface area contributed by atoms with Gasteiger partial charge in [-0.2, -0.15) is 0 Å². The van der Waals surface area contributed by atoms with Gasteiger partial charge in [0, 0.05) is 11.6 Å². The Bertz CT molecular complexity index is 533. The van der Waals surface area contributed by atoms with Crippen LogP contribution in [0.2, 0.25) is 10.0 Å². The summed E-state index contributed by atoms with van der Waals surface area (Å²) in [5.74, 6) is 0.579. The molecule has 0 amide bonds. The number of hydrogen-bond donors (Lipinski definition) is 0. The SMILES string of the molecule is Clc1cc(Cl)c2cccnc2c1OC(I)I. The molecule has 0 N–H and O–H groups in total. The van der Waals surface area contributed by atoms with Crippen molar-refractivity contribution in [1.82, 2.24) is 4.98 Å². The van der Waals surface area contributed by atoms with Gasteiger partial charge in [-0.3, -0.25) is 4.98 Å². The first-order chi connectivity index (χ1) is 7.59. The summed E-state index contributed by atoms with van der Waals surface area (Å²) in [7, 11) is 0. The van der Waals surface area contributed by atoms with Crippen molar-refractivity contribution >= 4 is 79.3 Å². The number of hydrogen-bond acceptors (Lipinski definition) is 2. The van der Waals surface area contributed by atoms with Gasteiger partial charge in [0.1, 0.15) is 5.52 Å². The van der Waals surface area contributed by atoms with E-state index in [1.807, 2.05) is 12.1 Å². The van der Waals surface area contributed by atoms with Crippen LogP contribution >= 0.6 is 68.4 Å². The molecule has 1 aromatic heterocycles. The molecule has 0 spiro atoms. The minimum atomic E-state index is -0.0147. The molecule has 0 saturated heterocycles. The van der Waals surface area contributed by atoms with Crippen molar-refractivity contribution in [2.75, 3.05) is 0 Å². The highest BCUT2D eigenvalue weighted by atomic mass is 127. The Hall–Kier alpha value is 0.470. The van der Waals surface area contributed by atoms with Crippen molar-refractivity contribution in [3.8, 4) is 5.75 Å². The third-order valence-electron chi connectivity index (χ3n) is 1.96. The molecule has 0 unspecified atom stereocenters. The van der Waals surface area contributed by atoms with Crippen LogP contribution < -0.4 is 4.74 Å². The zero-order valence-electron chi connectivity index (χ0n) is 7.75. The smallest absolute Gasteiger partial charge is 0.199 e. The van der Waals surface area contributed by atoms with Crippen LogP contribution in [0.15, 0.2) is 24.4 Å². The van der Waals surface area contributed by atoms with Crippen LogP contribution in [0, 0.1) is 0 Å². The second-order valence-electron chi connectivity index (χ2n) is 2.95. The van der Waals surface area contributed by atoms with Gasteiger partial charge in [-0.25, -0.2) is 0 Å². The highest BCUT2D eigenvalue weighted by Crippen LogP contribution is 2.38. The van der Waals surface area contributed by atoms with Gasteiger partial charge in [-0.1, -0.05) is 23.2 Å². The first kappa shape index (κ1) is 12.9. The standard InChI is InChI=1S/C10H5Cl2I2NO/c11-6-4-7(12)9(16-10(13)14)8-5(6)2-1-3-15-8/h1-4,10H. The number of fused-ring (bicyclic) bond motifs is 1. The maximum atomic E-state index is 6.10. The molecular formula is C10H5Cl2I2NO. The minimum absolute atomic E-state index is 0.0147. The van der Waals surface area contributed by atoms with Gasteiger partial charge in [0.05, 0.1) is 10.0 Å². The highest BCUT2D eigenvalue weighted by molar-refractivity contribution is 14.2. The van der Waals surface area contributed by atoms with Crippen molar-refractivity contribution in [2.45, 2.75) is 2.12 Å². The lowest BCUT2D eigenvalue weighted by Gasteiger charge is -2.12. The molecule has 0 fully saturated rings. The maximum Gasteiger partial charge on any atom is 0.199 e. The Morgan fingerprint density at radius 3 is 2.69 bits per heavy atom. The van der Waals surface area contributed by atoms with Crippen molar-refractivity contribution in [3.63, 3.8) is 0 Å². The van der Waals surface area contributed by atoms with Gasteiger partial charge in [0.25, 0.3) is 0 Å². The summed E-state index contributed by atoms with van der Waals surface area (Å²) in [6, 6.07) is 5.40. The van der Waals surface area contributed by atoms with Gasteiger partial charge in [-0.05, 0) is 63.4 Å². The Morgan fingerprint density at radius 1 is 1.25 bits per heavy atom. The highest BCUT2D eigenvalue weighted by Gasteiger charge is 2.14. The molecule has 0 atom stereocenters. The van der Waals surface area contributed by atoms with E-state index in [-0.39, 0.29) is 2.12 Å². The average Bonchev–Trinajstić information content (AvgIpc) is 2.24. The molecule has 1 aromatic carbocycles. The molecule has 2 aromatic rings. The number of alkyl halides is 2. The summed E-state index contributed by atoms with van der Waals surface area (Å²) in [5.41, 5.74) is 0.693. The summed E-state index contributed by atoms with van der Waals surface area (Å²) in [6.45, 7) is 0. The molecule has 84 valence electrons. The number of halogens is 4. The van der Waals surface area contributed by atoms with E-state index in [0.717, 1.165) is 5.39 Å². The molecule has 0 aliphatic heterocycles. The Morgan fingerprint density at radius 2 is 2.00 bits per heavy atom. The van der Waals surface area contributed by atoms with Crippen LogP contribution in [-0.4, -0.2) is 7.10 Å². The Balaban J connectivity index is 2.71. The van der Waals surface area contributed by atoms with E-state index >= 15 is 0 Å². The molecule has 0 aliphatic rings. The van der Waals surface area contributed by atoms with Crippen LogP contribution in [-0.2, 0) is 0 Å². The van der Waals surface area contributed by atoms with Crippen molar-refractivity contribution in [1.29, 1.82) is 0 Å². The largest absolute Gasteiger partial charge is 0.466 e. The molecular weight excluding hydrogens is 475 g/mol. The Labute approximate surface area is 130 Å². The molecule has 0 bridgehead atoms. The first-order valence-corrected chi connectivity index (χ1v) is 7.52. The number of rotatable bonds is 2. The van der Waals surface area contributed by atoms with E-state index in [4.69, 9.17) is 27.9 Å². The first-order valence-electron chi connectivity index (χ1n) is 4.27. The lowest BCUT2D eigenvalue weighted by Crippen LogP contribution is -2.00. The number of pyridine rings is 1. The fourth-order valence-corrected chi connectivity index (χ4v) is 2.42. The summed E-state index contributed by atoms with van der Waals surface area (Å²) < 4.78 is 5.62. The van der Waals surface area contributed by atoms with E-state index in [2.05, 4.69) is 50.2 Å². The molecule has 0 aliphatic carbocycles.